The second-order valence-electron chi connectivity index (χ2n) is 17.8. The second-order valence-corrected chi connectivity index (χ2v) is 17.8. The van der Waals surface area contributed by atoms with Gasteiger partial charge in [0.1, 0.15) is 0 Å². The molecule has 8 saturated heterocycles. The molecule has 0 N–H and O–H groups in total. The minimum Gasteiger partial charge on any atom is -0.466 e. The standard InChI is InChI=1S/C39H60O12/c1-22-10-12-28-24(3)30(44-34-38(28)26(22)14-18-36(5,46-34)48-50-38)16-20-42-32(40)8-7-9-33(41)43-21-17-31-25(4)29-13-11-23(2)27-15-19-37(6)47-35(45-31)39(27,29)51-49-37/h22-31,34-35H,7-21H2,1-6H3/t22-,23-,24-,25-,26+,27+,28+,29+,30?,31?,34+,35+,36-,37-,38-,39-/m1/s1. The predicted molar refractivity (Wildman–Crippen MR) is 179 cm³/mol. The maximum Gasteiger partial charge on any atom is 0.305 e. The quantitative estimate of drug-likeness (QED) is 0.180. The van der Waals surface area contributed by atoms with Crippen LogP contribution >= 0.6 is 0 Å². The lowest BCUT2D eigenvalue weighted by Crippen LogP contribution is -2.70. The van der Waals surface area contributed by atoms with Gasteiger partial charge in [-0.05, 0) is 94.3 Å². The highest BCUT2D eigenvalue weighted by atomic mass is 17.3. The molecule has 10 rings (SSSR count). The third kappa shape index (κ3) is 6.19. The minimum absolute atomic E-state index is 0.119. The van der Waals surface area contributed by atoms with Crippen molar-refractivity contribution in [1.82, 2.24) is 0 Å². The van der Waals surface area contributed by atoms with Crippen LogP contribution < -0.4 is 0 Å². The monoisotopic (exact) mass is 720 g/mol. The Hall–Kier alpha value is -1.38. The average molecular weight is 721 g/mol. The molecule has 10 aliphatic rings. The van der Waals surface area contributed by atoms with E-state index in [1.54, 1.807) is 0 Å². The molecule has 16 atom stereocenters. The molecule has 0 aromatic rings. The van der Waals surface area contributed by atoms with Gasteiger partial charge < -0.3 is 28.4 Å². The zero-order chi connectivity index (χ0) is 35.8. The summed E-state index contributed by atoms with van der Waals surface area (Å²) < 4.78 is 37.3. The Kier molecular flexibility index (Phi) is 9.85. The fourth-order valence-electron chi connectivity index (χ4n) is 11.7. The molecule has 2 aliphatic carbocycles. The maximum atomic E-state index is 12.6. The first-order valence-corrected chi connectivity index (χ1v) is 20.1. The van der Waals surface area contributed by atoms with E-state index in [1.807, 2.05) is 13.8 Å². The molecule has 2 spiro atoms. The molecule has 288 valence electrons. The molecule has 0 aromatic heterocycles. The molecule has 0 amide bonds. The highest BCUT2D eigenvalue weighted by Crippen LogP contribution is 2.62. The van der Waals surface area contributed by atoms with Crippen molar-refractivity contribution in [3.8, 4) is 0 Å². The molecule has 10 fully saturated rings. The van der Waals surface area contributed by atoms with Crippen LogP contribution in [0.25, 0.3) is 0 Å². The molecule has 0 aromatic carbocycles. The topological polar surface area (TPSA) is 126 Å². The number of hydrogen-bond donors (Lipinski definition) is 0. The lowest BCUT2D eigenvalue weighted by Gasteiger charge is -2.60. The second kappa shape index (κ2) is 13.7. The average Bonchev–Trinajstić information content (AvgIpc) is 3.47. The largest absolute Gasteiger partial charge is 0.466 e. The van der Waals surface area contributed by atoms with Crippen molar-refractivity contribution >= 4 is 11.9 Å². The third-order valence-corrected chi connectivity index (χ3v) is 14.7. The van der Waals surface area contributed by atoms with Crippen LogP contribution in [-0.2, 0) is 57.6 Å². The molecule has 12 heteroatoms. The molecule has 8 aliphatic heterocycles. The third-order valence-electron chi connectivity index (χ3n) is 14.7. The lowest BCUT2D eigenvalue weighted by atomic mass is 9.57. The Balaban J connectivity index is 0.763. The molecule has 51 heavy (non-hydrogen) atoms. The van der Waals surface area contributed by atoms with Gasteiger partial charge in [0.05, 0.1) is 25.4 Å². The summed E-state index contributed by atoms with van der Waals surface area (Å²) in [6.07, 6.45) is 8.48. The van der Waals surface area contributed by atoms with E-state index in [4.69, 9.17) is 48.0 Å². The van der Waals surface area contributed by atoms with E-state index in [2.05, 4.69) is 27.7 Å². The highest BCUT2D eigenvalue weighted by Gasteiger charge is 2.70. The molecule has 4 bridgehead atoms. The molecule has 8 heterocycles. The van der Waals surface area contributed by atoms with Gasteiger partial charge in [0.2, 0.25) is 11.6 Å². The number of carbonyl (C=O) groups is 2. The van der Waals surface area contributed by atoms with Gasteiger partial charge >= 0.3 is 11.9 Å². The normalized spacial score (nSPS) is 51.1. The fraction of sp³-hybridized carbons (Fsp3) is 0.949. The van der Waals surface area contributed by atoms with Gasteiger partial charge in [0.25, 0.3) is 0 Å². The van der Waals surface area contributed by atoms with Gasteiger partial charge in [0.15, 0.2) is 23.8 Å². The smallest absolute Gasteiger partial charge is 0.305 e. The van der Waals surface area contributed by atoms with Gasteiger partial charge in [-0.1, -0.05) is 27.7 Å². The highest BCUT2D eigenvalue weighted by molar-refractivity contribution is 5.72. The van der Waals surface area contributed by atoms with Gasteiger partial charge in [-0.15, -0.1) is 0 Å². The lowest BCUT2D eigenvalue weighted by molar-refractivity contribution is -0.571. The minimum atomic E-state index is -0.813. The van der Waals surface area contributed by atoms with Gasteiger partial charge in [-0.25, -0.2) is 19.6 Å². The Bertz CT molecular complexity index is 1220. The van der Waals surface area contributed by atoms with E-state index >= 15 is 0 Å². The molecule has 2 saturated carbocycles. The molecule has 0 radical (unpaired) electrons. The van der Waals surface area contributed by atoms with Crippen molar-refractivity contribution in [3.63, 3.8) is 0 Å². The van der Waals surface area contributed by atoms with Crippen LogP contribution in [0.1, 0.15) is 125 Å². The zero-order valence-electron chi connectivity index (χ0n) is 31.4. The van der Waals surface area contributed by atoms with Gasteiger partial charge in [-0.3, -0.25) is 9.59 Å². The summed E-state index contributed by atoms with van der Waals surface area (Å²) in [5.41, 5.74) is -1.19. The van der Waals surface area contributed by atoms with Crippen LogP contribution in [0, 0.1) is 47.3 Å². The van der Waals surface area contributed by atoms with Gasteiger partial charge in [0, 0.05) is 50.4 Å². The molecular weight excluding hydrogens is 660 g/mol. The van der Waals surface area contributed by atoms with Crippen LogP contribution in [0.2, 0.25) is 0 Å². The fourth-order valence-corrected chi connectivity index (χ4v) is 11.7. The first kappa shape index (κ1) is 36.6. The maximum absolute atomic E-state index is 12.6. The summed E-state index contributed by atoms with van der Waals surface area (Å²) in [4.78, 5) is 49.6. The van der Waals surface area contributed by atoms with Crippen molar-refractivity contribution in [2.24, 2.45) is 47.3 Å². The summed E-state index contributed by atoms with van der Waals surface area (Å²) in [6.45, 7) is 13.4. The Morgan fingerprint density at radius 3 is 1.45 bits per heavy atom. The summed E-state index contributed by atoms with van der Waals surface area (Å²) in [6, 6.07) is 0. The van der Waals surface area contributed by atoms with Crippen molar-refractivity contribution in [2.75, 3.05) is 13.2 Å². The van der Waals surface area contributed by atoms with E-state index < -0.39 is 35.4 Å². The summed E-state index contributed by atoms with van der Waals surface area (Å²) >= 11 is 0. The number of carbonyl (C=O) groups excluding carboxylic acids is 2. The van der Waals surface area contributed by atoms with E-state index in [0.29, 0.717) is 42.9 Å². The predicted octanol–water partition coefficient (Wildman–Crippen LogP) is 6.52. The van der Waals surface area contributed by atoms with Gasteiger partial charge in [-0.2, -0.15) is 0 Å². The zero-order valence-corrected chi connectivity index (χ0v) is 31.4. The Morgan fingerprint density at radius 2 is 1.02 bits per heavy atom. The van der Waals surface area contributed by atoms with Crippen LogP contribution in [0.15, 0.2) is 0 Å². The van der Waals surface area contributed by atoms with Crippen molar-refractivity contribution in [1.29, 1.82) is 0 Å². The summed E-state index contributed by atoms with van der Waals surface area (Å²) in [7, 11) is 0. The Labute approximate surface area is 302 Å². The number of esters is 2. The van der Waals surface area contributed by atoms with Crippen molar-refractivity contribution in [2.45, 2.75) is 173 Å². The van der Waals surface area contributed by atoms with E-state index in [0.717, 1.165) is 51.4 Å². The van der Waals surface area contributed by atoms with Crippen LogP contribution in [0.4, 0.5) is 0 Å². The van der Waals surface area contributed by atoms with E-state index in [1.165, 1.54) is 0 Å². The SMILES string of the molecule is C[C@@H]1CC[C@H]2[C@@H](C)C(CCOC(=O)CCCC(=O)OCCC3O[C@H]4O[C@@]5(C)CC[C@H]6[C@H](C)CC[C@@H]([C@H]3C)[C@@]46OO5)O[C@H]3O[C@@]4(C)CC[C@@H]1[C@]32OO4. The molecule has 2 unspecified atom stereocenters. The number of fused-ring (bicyclic) bond motifs is 4. The van der Waals surface area contributed by atoms with Crippen LogP contribution in [0.5, 0.6) is 0 Å². The number of hydrogen-bond acceptors (Lipinski definition) is 12. The number of ether oxygens (including phenoxy) is 6. The first-order chi connectivity index (χ1) is 24.4. The summed E-state index contributed by atoms with van der Waals surface area (Å²) in [5, 5.41) is 0. The van der Waals surface area contributed by atoms with Crippen LogP contribution in [-0.4, -0.2) is 72.7 Å². The Morgan fingerprint density at radius 1 is 0.588 bits per heavy atom. The molecule has 12 nitrogen and oxygen atoms in total. The van der Waals surface area contributed by atoms with E-state index in [-0.39, 0.29) is 73.9 Å². The number of rotatable bonds is 10. The van der Waals surface area contributed by atoms with Crippen molar-refractivity contribution in [3.05, 3.63) is 0 Å². The van der Waals surface area contributed by atoms with E-state index in [9.17, 15) is 9.59 Å². The molecular formula is C39H60O12. The first-order valence-electron chi connectivity index (χ1n) is 20.1. The van der Waals surface area contributed by atoms with Crippen molar-refractivity contribution < 1.29 is 57.6 Å². The summed E-state index contributed by atoms with van der Waals surface area (Å²) in [5.74, 6) is 0.275. The van der Waals surface area contributed by atoms with Crippen LogP contribution in [0.3, 0.4) is 0 Å².